The lowest BCUT2D eigenvalue weighted by atomic mass is 9.93. The molecule has 4 heterocycles. The van der Waals surface area contributed by atoms with Crippen molar-refractivity contribution >= 4 is 37.6 Å². The summed E-state index contributed by atoms with van der Waals surface area (Å²) < 4.78 is 79.1. The fourth-order valence-electron chi connectivity index (χ4n) is 5.61. The number of hydrogen-bond donors (Lipinski definition) is 3. The highest BCUT2D eigenvalue weighted by Gasteiger charge is 2.44. The average Bonchev–Trinajstić information content (AvgIpc) is 2.97. The number of carbonyl (C=O) groups is 1. The number of nitrogens with two attached hydrogens (primary N) is 2. The van der Waals surface area contributed by atoms with Gasteiger partial charge < -0.3 is 21.7 Å². The van der Waals surface area contributed by atoms with Crippen molar-refractivity contribution in [2.75, 3.05) is 44.4 Å². The summed E-state index contributed by atoms with van der Waals surface area (Å²) in [4.78, 5) is 22.7. The van der Waals surface area contributed by atoms with E-state index in [2.05, 4.69) is 21.9 Å². The van der Waals surface area contributed by atoms with Crippen molar-refractivity contribution < 1.29 is 30.4 Å². The Morgan fingerprint density at radius 1 is 0.957 bits per heavy atom. The Morgan fingerprint density at radius 2 is 1.57 bits per heavy atom. The minimum atomic E-state index is -3.74. The maximum Gasteiger partial charge on any atom is 0.239 e. The third kappa shape index (κ3) is 7.19. The van der Waals surface area contributed by atoms with E-state index in [0.717, 1.165) is 41.0 Å². The fraction of sp³-hybridized carbons (Fsp3) is 0.483. The summed E-state index contributed by atoms with van der Waals surface area (Å²) >= 11 is 0. The molecule has 0 unspecified atom stereocenters. The number of piperidine rings is 1. The van der Waals surface area contributed by atoms with E-state index in [4.69, 9.17) is 11.5 Å². The molecule has 0 spiro atoms. The molecule has 17 heteroatoms. The Hall–Kier alpha value is -3.99. The van der Waals surface area contributed by atoms with Crippen LogP contribution in [0.4, 0.5) is 14.5 Å². The Kier molecular flexibility index (Phi) is 9.60. The Morgan fingerprint density at radius 3 is 2.17 bits per heavy atom. The van der Waals surface area contributed by atoms with Crippen LogP contribution in [0.25, 0.3) is 0 Å². The van der Waals surface area contributed by atoms with Gasteiger partial charge in [-0.05, 0) is 63.4 Å². The number of pyridine rings is 1. The van der Waals surface area contributed by atoms with E-state index < -0.39 is 48.5 Å². The van der Waals surface area contributed by atoms with Crippen molar-refractivity contribution in [1.82, 2.24) is 23.8 Å². The van der Waals surface area contributed by atoms with E-state index in [0.29, 0.717) is 11.4 Å². The van der Waals surface area contributed by atoms with E-state index in [1.165, 1.54) is 51.4 Å². The maximum absolute atomic E-state index is 14.5. The molecule has 5 N–H and O–H groups in total. The van der Waals surface area contributed by atoms with Crippen LogP contribution in [0.1, 0.15) is 50.1 Å². The first-order chi connectivity index (χ1) is 21.3. The number of guanidine groups is 1. The number of likely N-dealkylation sites (tertiary alicyclic amines) is 1. The molecule has 5 rings (SSSR count). The minimum Gasteiger partial charge on any atom is -0.399 e. The molecule has 1 aromatic heterocycles. The second-order valence-corrected chi connectivity index (χ2v) is 16.1. The van der Waals surface area contributed by atoms with Crippen molar-refractivity contribution in [2.45, 2.75) is 50.6 Å². The molecule has 0 saturated carbocycles. The summed E-state index contributed by atoms with van der Waals surface area (Å²) in [6, 6.07) is 6.74. The number of nitrogens with zero attached hydrogens (tertiary/aromatic N) is 5. The number of amides is 1. The summed E-state index contributed by atoms with van der Waals surface area (Å²) in [6.07, 6.45) is 3.11. The molecule has 2 saturated heterocycles. The normalized spacial score (nSPS) is 25.6. The number of aliphatic imine (C=N–C) groups is 1. The molecule has 2 atom stereocenters. The number of rotatable bonds is 4. The third-order valence-corrected chi connectivity index (χ3v) is 12.2. The van der Waals surface area contributed by atoms with Crippen molar-refractivity contribution in [3.05, 3.63) is 71.3 Å². The zero-order valence-corrected chi connectivity index (χ0v) is 27.9. The molecule has 46 heavy (non-hydrogen) atoms. The van der Waals surface area contributed by atoms with Gasteiger partial charge in [-0.3, -0.25) is 14.1 Å². The second-order valence-electron chi connectivity index (χ2n) is 12.1. The molecule has 2 fully saturated rings. The number of carbonyl (C=O) groups excluding carboxylic acids is 1. The number of nitrogens with one attached hydrogen (secondary N) is 1. The zero-order valence-electron chi connectivity index (χ0n) is 26.3. The van der Waals surface area contributed by atoms with Gasteiger partial charge >= 0.3 is 0 Å². The Balaban J connectivity index is 0.000000222. The average molecular weight is 683 g/mol. The summed E-state index contributed by atoms with van der Waals surface area (Å²) in [5, 5.41) is 2.94. The topological polar surface area (TPSA) is 184 Å². The van der Waals surface area contributed by atoms with Gasteiger partial charge in [-0.1, -0.05) is 6.58 Å². The monoisotopic (exact) mass is 682 g/mol. The number of benzene rings is 1. The van der Waals surface area contributed by atoms with Gasteiger partial charge in [-0.25, -0.2) is 34.9 Å². The van der Waals surface area contributed by atoms with E-state index in [9.17, 15) is 30.4 Å². The van der Waals surface area contributed by atoms with Crippen LogP contribution in [-0.2, 0) is 42.3 Å². The van der Waals surface area contributed by atoms with Crippen molar-refractivity contribution in [1.29, 1.82) is 0 Å². The largest absolute Gasteiger partial charge is 0.399 e. The SMILES string of the molecule is C=C1N[C@](C)(c2cc(N)ccc2F)CS(=O)(=O)N1C.CN1C(N)=N[C@](C)(c2nc(CC(=O)N3CCCCC3)ccc2F)CS1(=O)=O. The van der Waals surface area contributed by atoms with Crippen LogP contribution in [0, 0.1) is 11.6 Å². The van der Waals surface area contributed by atoms with E-state index in [1.807, 2.05) is 0 Å². The van der Waals surface area contributed by atoms with Gasteiger partial charge in [-0.15, -0.1) is 0 Å². The minimum absolute atomic E-state index is 0.0369. The zero-order chi connectivity index (χ0) is 34.2. The van der Waals surface area contributed by atoms with Crippen LogP contribution in [-0.4, -0.2) is 85.9 Å². The van der Waals surface area contributed by atoms with Gasteiger partial charge in [0.1, 0.15) is 34.4 Å². The first-order valence-electron chi connectivity index (χ1n) is 14.5. The predicted molar refractivity (Wildman–Crippen MR) is 171 cm³/mol. The van der Waals surface area contributed by atoms with Gasteiger partial charge in [0.05, 0.1) is 23.4 Å². The summed E-state index contributed by atoms with van der Waals surface area (Å²) in [5.41, 5.74) is 9.67. The molecule has 0 aliphatic carbocycles. The number of hydrogen-bond acceptors (Lipinski definition) is 10. The van der Waals surface area contributed by atoms with Crippen molar-refractivity contribution in [3.63, 3.8) is 0 Å². The number of sulfonamides is 2. The van der Waals surface area contributed by atoms with E-state index >= 15 is 0 Å². The molecule has 252 valence electrons. The lowest BCUT2D eigenvalue weighted by Gasteiger charge is -2.41. The predicted octanol–water partition coefficient (Wildman–Crippen LogP) is 1.54. The van der Waals surface area contributed by atoms with Crippen LogP contribution in [0.3, 0.4) is 0 Å². The molecule has 3 aliphatic rings. The number of halogens is 2. The highest BCUT2D eigenvalue weighted by molar-refractivity contribution is 7.89. The van der Waals surface area contributed by atoms with Crippen LogP contribution >= 0.6 is 0 Å². The fourth-order valence-corrected chi connectivity index (χ4v) is 8.58. The van der Waals surface area contributed by atoms with E-state index in [-0.39, 0.29) is 41.1 Å². The lowest BCUT2D eigenvalue weighted by Crippen LogP contribution is -2.56. The van der Waals surface area contributed by atoms with Gasteiger partial charge in [0.2, 0.25) is 31.9 Å². The third-order valence-electron chi connectivity index (χ3n) is 8.29. The summed E-state index contributed by atoms with van der Waals surface area (Å²) in [6.45, 7) is 8.17. The van der Waals surface area contributed by atoms with E-state index in [1.54, 1.807) is 11.8 Å². The standard InChI is InChI=1S/C17H24FN5O3S.C12H16FN3O2S/c1-17(11-27(25,26)22(2)16(19)21-17)15-13(18)7-6-12(20-15)10-14(24)23-8-4-3-5-9-23;1-8-15-12(2,7-19(17,18)16(8)3)10-6-9(14)4-5-11(10)13/h6-7H,3-5,8-11H2,1-2H3,(H2,19,21);4-6,15H,1,7,14H2,2-3H3/t17-;12-/m00/s1. The van der Waals surface area contributed by atoms with Gasteiger partial charge in [0.15, 0.2) is 0 Å². The highest BCUT2D eigenvalue weighted by Crippen LogP contribution is 2.34. The van der Waals surface area contributed by atoms with Gasteiger partial charge in [0.25, 0.3) is 0 Å². The molecule has 3 aliphatic heterocycles. The van der Waals surface area contributed by atoms with Crippen molar-refractivity contribution in [3.8, 4) is 0 Å². The smallest absolute Gasteiger partial charge is 0.239 e. The first-order valence-corrected chi connectivity index (χ1v) is 17.7. The van der Waals surface area contributed by atoms with Crippen molar-refractivity contribution in [2.24, 2.45) is 10.7 Å². The number of anilines is 1. The molecular weight excluding hydrogens is 643 g/mol. The van der Waals surface area contributed by atoms with Crippen LogP contribution < -0.4 is 16.8 Å². The second kappa shape index (κ2) is 12.7. The lowest BCUT2D eigenvalue weighted by molar-refractivity contribution is -0.131. The molecule has 1 amide bonds. The first kappa shape index (κ1) is 34.9. The maximum atomic E-state index is 14.5. The summed E-state index contributed by atoms with van der Waals surface area (Å²) in [5.74, 6) is -1.99. The molecule has 2 aromatic rings. The highest BCUT2D eigenvalue weighted by atomic mass is 32.2. The molecule has 1 aromatic carbocycles. The molecule has 0 bridgehead atoms. The Labute approximate surface area is 268 Å². The van der Waals surface area contributed by atoms with Gasteiger partial charge in [0, 0.05) is 38.4 Å². The quantitative estimate of drug-likeness (QED) is 0.403. The van der Waals surface area contributed by atoms with Crippen LogP contribution in [0.15, 0.2) is 47.7 Å². The summed E-state index contributed by atoms with van der Waals surface area (Å²) in [7, 11) is -4.57. The number of nitrogen functional groups attached to an aromatic ring is 1. The van der Waals surface area contributed by atoms with Gasteiger partial charge in [-0.2, -0.15) is 0 Å². The van der Waals surface area contributed by atoms with Crippen LogP contribution in [0.5, 0.6) is 0 Å². The van der Waals surface area contributed by atoms with Crippen LogP contribution in [0.2, 0.25) is 0 Å². The molecule has 0 radical (unpaired) electrons. The number of aromatic nitrogens is 1. The molecule has 13 nitrogen and oxygen atoms in total. The molecular formula is C29H40F2N8O5S2. The Bertz CT molecular complexity index is 1780.